The Kier molecular flexibility index (Phi) is 4.35. The first-order chi connectivity index (χ1) is 11.4. The van der Waals surface area contributed by atoms with Gasteiger partial charge in [-0.15, -0.1) is 0 Å². The quantitative estimate of drug-likeness (QED) is 0.902. The van der Waals surface area contributed by atoms with Gasteiger partial charge in [-0.1, -0.05) is 17.8 Å². The normalized spacial score (nSPS) is 14.6. The first-order valence-electron chi connectivity index (χ1n) is 7.07. The van der Waals surface area contributed by atoms with Gasteiger partial charge in [0, 0.05) is 5.75 Å². The Hall–Kier alpha value is -2.29. The largest absolute Gasteiger partial charge is 0.416 e. The summed E-state index contributed by atoms with van der Waals surface area (Å²) in [5.74, 6) is 0.442. The third-order valence-electron chi connectivity index (χ3n) is 3.48. The Balaban J connectivity index is 1.88. The van der Waals surface area contributed by atoms with Crippen molar-refractivity contribution < 1.29 is 18.0 Å². The average molecular weight is 354 g/mol. The fourth-order valence-electron chi connectivity index (χ4n) is 2.28. The van der Waals surface area contributed by atoms with E-state index in [1.165, 1.54) is 34.8 Å². The number of hydrogen-bond donors (Lipinski definition) is 1. The molecule has 1 aliphatic heterocycles. The molecule has 9 heteroatoms. The van der Waals surface area contributed by atoms with Gasteiger partial charge < -0.3 is 5.32 Å². The number of hydrogen-bond acceptors (Lipinski definition) is 4. The van der Waals surface area contributed by atoms with Crippen LogP contribution in [-0.2, 0) is 6.18 Å². The van der Waals surface area contributed by atoms with E-state index in [0.717, 1.165) is 17.9 Å². The summed E-state index contributed by atoms with van der Waals surface area (Å²) in [6.45, 7) is 2.29. The molecule has 1 aromatic heterocycles. The van der Waals surface area contributed by atoms with Crippen LogP contribution in [0.1, 0.15) is 21.6 Å². The molecular formula is C15H13F3N4OS. The highest BCUT2D eigenvalue weighted by Crippen LogP contribution is 2.30. The first kappa shape index (κ1) is 16.6. The van der Waals surface area contributed by atoms with Crippen molar-refractivity contribution in [2.75, 3.05) is 12.3 Å². The van der Waals surface area contributed by atoms with Crippen molar-refractivity contribution in [3.8, 4) is 5.69 Å². The van der Waals surface area contributed by atoms with E-state index in [9.17, 15) is 18.0 Å². The Bertz CT molecular complexity index is 813. The van der Waals surface area contributed by atoms with E-state index >= 15 is 0 Å². The van der Waals surface area contributed by atoms with Gasteiger partial charge in [-0.05, 0) is 25.1 Å². The lowest BCUT2D eigenvalue weighted by Crippen LogP contribution is -2.27. The molecular weight excluding hydrogens is 341 g/mol. The molecule has 0 bridgehead atoms. The molecule has 3 rings (SSSR count). The van der Waals surface area contributed by atoms with Gasteiger partial charge in [-0.2, -0.15) is 18.3 Å². The molecule has 0 saturated carbocycles. The van der Waals surface area contributed by atoms with Crippen molar-refractivity contribution in [2.24, 2.45) is 4.99 Å². The summed E-state index contributed by atoms with van der Waals surface area (Å²) in [6.07, 6.45) is -3.10. The van der Waals surface area contributed by atoms with Crippen LogP contribution in [-0.4, -0.2) is 33.2 Å². The number of aromatic nitrogens is 2. The fourth-order valence-corrected chi connectivity index (χ4v) is 3.01. The maximum atomic E-state index is 12.8. The summed E-state index contributed by atoms with van der Waals surface area (Å²) < 4.78 is 39.8. The molecule has 1 amide bonds. The van der Waals surface area contributed by atoms with Gasteiger partial charge in [-0.25, -0.2) is 4.68 Å². The lowest BCUT2D eigenvalue weighted by molar-refractivity contribution is -0.137. The number of carbonyl (C=O) groups is 1. The van der Waals surface area contributed by atoms with Crippen molar-refractivity contribution in [1.82, 2.24) is 15.1 Å². The molecule has 1 aromatic carbocycles. The zero-order valence-electron chi connectivity index (χ0n) is 12.6. The van der Waals surface area contributed by atoms with Gasteiger partial charge in [-0.3, -0.25) is 9.79 Å². The highest BCUT2D eigenvalue weighted by Gasteiger charge is 2.30. The summed E-state index contributed by atoms with van der Waals surface area (Å²) in [4.78, 5) is 16.4. The Morgan fingerprint density at radius 3 is 2.83 bits per heavy atom. The van der Waals surface area contributed by atoms with E-state index in [4.69, 9.17) is 0 Å². The van der Waals surface area contributed by atoms with Crippen molar-refractivity contribution >= 4 is 22.8 Å². The van der Waals surface area contributed by atoms with E-state index in [1.54, 1.807) is 6.92 Å². The third kappa shape index (κ3) is 3.30. The molecule has 24 heavy (non-hydrogen) atoms. The lowest BCUT2D eigenvalue weighted by Gasteiger charge is -2.10. The smallest absolute Gasteiger partial charge is 0.301 e. The van der Waals surface area contributed by atoms with Gasteiger partial charge in [0.25, 0.3) is 5.91 Å². The molecule has 0 fully saturated rings. The van der Waals surface area contributed by atoms with Crippen LogP contribution in [0, 0.1) is 6.92 Å². The maximum absolute atomic E-state index is 12.8. The van der Waals surface area contributed by atoms with E-state index < -0.39 is 11.7 Å². The number of thioether (sulfide) groups is 1. The van der Waals surface area contributed by atoms with Gasteiger partial charge in [0.15, 0.2) is 5.17 Å². The molecule has 0 unspecified atom stereocenters. The number of halogens is 3. The standard InChI is InChI=1S/C15H13F3N4OS/c1-9-12(13(23)21-14-19-5-6-24-14)8-20-22(9)11-4-2-3-10(7-11)15(16,17)18/h2-4,7-8H,5-6H2,1H3,(H,19,21,23). The molecule has 126 valence electrons. The zero-order chi connectivity index (χ0) is 17.3. The van der Waals surface area contributed by atoms with E-state index in [-0.39, 0.29) is 11.6 Å². The molecule has 1 aliphatic rings. The van der Waals surface area contributed by atoms with Crippen LogP contribution in [0.15, 0.2) is 35.5 Å². The van der Waals surface area contributed by atoms with Crippen LogP contribution in [0.3, 0.4) is 0 Å². The van der Waals surface area contributed by atoms with Gasteiger partial charge in [0.05, 0.1) is 35.2 Å². The minimum absolute atomic E-state index is 0.244. The average Bonchev–Trinajstić information content (AvgIpc) is 3.16. The summed E-state index contributed by atoms with van der Waals surface area (Å²) in [5, 5.41) is 7.27. The van der Waals surface area contributed by atoms with Gasteiger partial charge in [0.1, 0.15) is 0 Å². The Morgan fingerprint density at radius 2 is 2.17 bits per heavy atom. The monoisotopic (exact) mass is 354 g/mol. The minimum atomic E-state index is -4.44. The molecule has 2 heterocycles. The van der Waals surface area contributed by atoms with Crippen molar-refractivity contribution in [3.63, 3.8) is 0 Å². The number of carbonyl (C=O) groups excluding carboxylic acids is 1. The second-order valence-corrected chi connectivity index (χ2v) is 6.18. The molecule has 0 aliphatic carbocycles. The number of amidine groups is 1. The summed E-state index contributed by atoms with van der Waals surface area (Å²) in [7, 11) is 0. The predicted octanol–water partition coefficient (Wildman–Crippen LogP) is 3.03. The van der Waals surface area contributed by atoms with Crippen LogP contribution in [0.4, 0.5) is 13.2 Å². The number of alkyl halides is 3. The Morgan fingerprint density at radius 1 is 1.38 bits per heavy atom. The Labute approximate surface area is 140 Å². The number of nitrogens with one attached hydrogen (secondary N) is 1. The predicted molar refractivity (Wildman–Crippen MR) is 85.5 cm³/mol. The molecule has 0 spiro atoms. The fraction of sp³-hybridized carbons (Fsp3) is 0.267. The van der Waals surface area contributed by atoms with Crippen LogP contribution < -0.4 is 5.32 Å². The van der Waals surface area contributed by atoms with E-state index in [2.05, 4.69) is 15.4 Å². The lowest BCUT2D eigenvalue weighted by atomic mass is 10.2. The van der Waals surface area contributed by atoms with Crippen molar-refractivity contribution in [1.29, 1.82) is 0 Å². The topological polar surface area (TPSA) is 59.3 Å². The maximum Gasteiger partial charge on any atom is 0.416 e. The molecule has 0 saturated heterocycles. The summed E-state index contributed by atoms with van der Waals surface area (Å²) in [5.41, 5.74) is 0.226. The van der Waals surface area contributed by atoms with E-state index in [1.807, 2.05) is 0 Å². The minimum Gasteiger partial charge on any atom is -0.301 e. The van der Waals surface area contributed by atoms with Crippen LogP contribution >= 0.6 is 11.8 Å². The number of amides is 1. The van der Waals surface area contributed by atoms with Gasteiger partial charge in [0.2, 0.25) is 0 Å². The molecule has 5 nitrogen and oxygen atoms in total. The number of rotatable bonds is 2. The second-order valence-electron chi connectivity index (χ2n) is 5.09. The summed E-state index contributed by atoms with van der Waals surface area (Å²) >= 11 is 1.44. The van der Waals surface area contributed by atoms with Crippen LogP contribution in [0.25, 0.3) is 5.69 Å². The third-order valence-corrected chi connectivity index (χ3v) is 4.37. The molecule has 0 atom stereocenters. The van der Waals surface area contributed by atoms with Crippen molar-refractivity contribution in [3.05, 3.63) is 47.3 Å². The second kappa shape index (κ2) is 6.31. The van der Waals surface area contributed by atoms with Crippen LogP contribution in [0.5, 0.6) is 0 Å². The summed E-state index contributed by atoms with van der Waals surface area (Å²) in [6, 6.07) is 4.81. The number of nitrogens with zero attached hydrogens (tertiary/aromatic N) is 3. The molecule has 2 aromatic rings. The van der Waals surface area contributed by atoms with Crippen molar-refractivity contribution in [2.45, 2.75) is 13.1 Å². The molecule has 0 radical (unpaired) electrons. The SMILES string of the molecule is Cc1c(C(=O)NC2=NCCS2)cnn1-c1cccc(C(F)(F)F)c1. The van der Waals surface area contributed by atoms with Crippen LogP contribution in [0.2, 0.25) is 0 Å². The number of aliphatic imine (C=N–C) groups is 1. The molecule has 1 N–H and O–H groups in total. The highest BCUT2D eigenvalue weighted by atomic mass is 32.2. The van der Waals surface area contributed by atoms with Gasteiger partial charge >= 0.3 is 6.18 Å². The first-order valence-corrected chi connectivity index (χ1v) is 8.05. The number of benzene rings is 1. The van der Waals surface area contributed by atoms with E-state index in [0.29, 0.717) is 23.0 Å². The zero-order valence-corrected chi connectivity index (χ0v) is 13.4. The highest BCUT2D eigenvalue weighted by molar-refractivity contribution is 8.14.